The van der Waals surface area contributed by atoms with Crippen molar-refractivity contribution >= 4 is 5.97 Å². The highest BCUT2D eigenvalue weighted by atomic mass is 16.8. The molecule has 8 aliphatic rings. The fraction of sp³-hybridized carbons (Fsp3) is 0.936. The Bertz CT molecular complexity index is 1830. The number of hydrogen-bond acceptors (Lipinski definition) is 20. The van der Waals surface area contributed by atoms with Crippen LogP contribution >= 0.6 is 0 Å². The maximum Gasteiger partial charge on any atom is 0.315 e. The molecule has 26 atom stereocenters. The second-order valence-electron chi connectivity index (χ2n) is 22.7. The van der Waals surface area contributed by atoms with Crippen molar-refractivity contribution in [3.63, 3.8) is 0 Å². The molecule has 8 rings (SSSR count). The number of ether oxygens (including phenoxy) is 6. The SMILES string of the molecule is C[C@@H]1CC[C@]2(C(=O)O[C@@H]3O[C@H](CO)[C@@H](O)[C@H](O[C@@H]4O[C@H](CO)[C@@H](O)[C@H](O)[C@H]4O)[C@H]3O[C@@H]3OC[C@H](O)[C@H](O)[C@H]3O)CC[C@]3(C)C(=CC[C@@H]4[C@@]5(C)C[C@@H](O)[C@H](O)[C@](C)(CO)[C@@H]5CC[C@]43C)[C@@H]2[C@]1(C)O. The van der Waals surface area contributed by atoms with Gasteiger partial charge in [0.2, 0.25) is 6.29 Å². The van der Waals surface area contributed by atoms with E-state index in [1.54, 1.807) is 6.92 Å². The quantitative estimate of drug-likeness (QED) is 0.0853. The molecule has 3 saturated heterocycles. The Hall–Kier alpha value is -1.51. The van der Waals surface area contributed by atoms with Gasteiger partial charge in [-0.2, -0.15) is 0 Å². The van der Waals surface area contributed by atoms with Gasteiger partial charge in [0.25, 0.3) is 0 Å². The summed E-state index contributed by atoms with van der Waals surface area (Å²) in [6.45, 7) is 9.67. The number of fused-ring (bicyclic) bond motifs is 7. The van der Waals surface area contributed by atoms with Crippen molar-refractivity contribution in [3.05, 3.63) is 11.6 Å². The van der Waals surface area contributed by atoms with Gasteiger partial charge in [0.15, 0.2) is 18.7 Å². The largest absolute Gasteiger partial charge is 0.432 e. The third-order valence-corrected chi connectivity index (χ3v) is 19.5. The van der Waals surface area contributed by atoms with Crippen molar-refractivity contribution in [2.75, 3.05) is 26.4 Å². The molecule has 0 amide bonds. The minimum Gasteiger partial charge on any atom is -0.432 e. The third kappa shape index (κ3) is 7.73. The Labute approximate surface area is 390 Å². The van der Waals surface area contributed by atoms with Crippen molar-refractivity contribution in [1.82, 2.24) is 0 Å². The van der Waals surface area contributed by atoms with Crippen LogP contribution in [-0.2, 0) is 33.2 Å². The van der Waals surface area contributed by atoms with Crippen molar-refractivity contribution < 1.29 is 99.6 Å². The highest BCUT2D eigenvalue weighted by Gasteiger charge is 2.73. The second-order valence-corrected chi connectivity index (χ2v) is 22.7. The van der Waals surface area contributed by atoms with E-state index in [1.165, 1.54) is 0 Å². The summed E-state index contributed by atoms with van der Waals surface area (Å²) < 4.78 is 35.8. The van der Waals surface area contributed by atoms with E-state index in [0.29, 0.717) is 32.1 Å². The normalized spacial score (nSPS) is 56.7. The minimum absolute atomic E-state index is 0.000977. The van der Waals surface area contributed by atoms with Crippen LogP contribution in [0.2, 0.25) is 0 Å². The van der Waals surface area contributed by atoms with Crippen molar-refractivity contribution in [2.24, 2.45) is 50.7 Å². The topological polar surface area (TPSA) is 335 Å². The molecule has 20 heteroatoms. The van der Waals surface area contributed by atoms with Crippen molar-refractivity contribution in [3.8, 4) is 0 Å². The van der Waals surface area contributed by atoms with Crippen molar-refractivity contribution in [2.45, 2.75) is 197 Å². The number of aliphatic hydroxyl groups is 13. The van der Waals surface area contributed by atoms with Gasteiger partial charge < -0.3 is 94.8 Å². The summed E-state index contributed by atoms with van der Waals surface area (Å²) in [7, 11) is 0. The molecule has 67 heavy (non-hydrogen) atoms. The average molecular weight is 961 g/mol. The molecular weight excluding hydrogens is 884 g/mol. The lowest BCUT2D eigenvalue weighted by Crippen LogP contribution is -2.70. The van der Waals surface area contributed by atoms with Crippen LogP contribution in [0.1, 0.15) is 92.9 Å². The van der Waals surface area contributed by atoms with Gasteiger partial charge in [0.05, 0.1) is 49.7 Å². The first-order valence-corrected chi connectivity index (χ1v) is 24.2. The fourth-order valence-corrected chi connectivity index (χ4v) is 15.0. The minimum atomic E-state index is -1.98. The molecule has 4 saturated carbocycles. The van der Waals surface area contributed by atoms with Gasteiger partial charge >= 0.3 is 5.97 Å². The molecule has 0 aromatic rings. The van der Waals surface area contributed by atoms with Gasteiger partial charge in [-0.3, -0.25) is 4.79 Å². The molecule has 5 aliphatic carbocycles. The lowest BCUT2D eigenvalue weighted by molar-refractivity contribution is -0.383. The van der Waals surface area contributed by atoms with Gasteiger partial charge in [0, 0.05) is 11.3 Å². The molecule has 0 unspecified atom stereocenters. The van der Waals surface area contributed by atoms with Crippen LogP contribution in [0, 0.1) is 50.7 Å². The Morgan fingerprint density at radius 3 is 1.99 bits per heavy atom. The van der Waals surface area contributed by atoms with Crippen LogP contribution in [0.25, 0.3) is 0 Å². The predicted molar refractivity (Wildman–Crippen MR) is 228 cm³/mol. The van der Waals surface area contributed by atoms with E-state index in [0.717, 1.165) is 12.0 Å². The van der Waals surface area contributed by atoms with Gasteiger partial charge in [-0.1, -0.05) is 46.3 Å². The summed E-state index contributed by atoms with van der Waals surface area (Å²) >= 11 is 0. The van der Waals surface area contributed by atoms with Crippen molar-refractivity contribution in [1.29, 1.82) is 0 Å². The summed E-state index contributed by atoms with van der Waals surface area (Å²) in [5.41, 5.74) is -4.36. The van der Waals surface area contributed by atoms with E-state index in [1.807, 2.05) is 13.8 Å². The van der Waals surface area contributed by atoms with E-state index in [-0.39, 0.29) is 37.2 Å². The third-order valence-electron chi connectivity index (χ3n) is 19.5. The average Bonchev–Trinajstić information content (AvgIpc) is 3.28. The number of rotatable bonds is 9. The molecule has 13 N–H and O–H groups in total. The highest BCUT2D eigenvalue weighted by molar-refractivity contribution is 5.79. The van der Waals surface area contributed by atoms with Crippen LogP contribution in [0.3, 0.4) is 0 Å². The van der Waals surface area contributed by atoms with Gasteiger partial charge in [-0.25, -0.2) is 0 Å². The monoisotopic (exact) mass is 960 g/mol. The lowest BCUT2D eigenvalue weighted by atomic mass is 9.33. The van der Waals surface area contributed by atoms with Gasteiger partial charge in [-0.15, -0.1) is 0 Å². The molecule has 0 bridgehead atoms. The number of hydrogen-bond donors (Lipinski definition) is 13. The Kier molecular flexibility index (Phi) is 14.1. The first-order chi connectivity index (χ1) is 31.3. The lowest BCUT2D eigenvalue weighted by Gasteiger charge is -2.72. The molecule has 20 nitrogen and oxygen atoms in total. The number of aliphatic hydroxyl groups excluding tert-OH is 12. The number of allylic oxidation sites excluding steroid dienone is 1. The van der Waals surface area contributed by atoms with E-state index in [4.69, 9.17) is 28.4 Å². The summed E-state index contributed by atoms with van der Waals surface area (Å²) in [6.07, 6.45) is -21.2. The number of esters is 1. The fourth-order valence-electron chi connectivity index (χ4n) is 15.0. The highest BCUT2D eigenvalue weighted by Crippen LogP contribution is 2.76. The first-order valence-electron chi connectivity index (χ1n) is 24.2. The maximum atomic E-state index is 15.5. The molecular formula is C47H76O20. The molecule has 0 radical (unpaired) electrons. The van der Waals surface area contributed by atoms with E-state index >= 15 is 4.79 Å². The molecule has 0 aromatic carbocycles. The molecule has 0 aromatic heterocycles. The summed E-state index contributed by atoms with van der Waals surface area (Å²) in [4.78, 5) is 15.5. The summed E-state index contributed by atoms with van der Waals surface area (Å²) in [6, 6.07) is 0. The molecule has 384 valence electrons. The second kappa shape index (κ2) is 18.2. The molecule has 7 fully saturated rings. The zero-order valence-corrected chi connectivity index (χ0v) is 39.3. The van der Waals surface area contributed by atoms with Crippen LogP contribution < -0.4 is 0 Å². The first kappa shape index (κ1) is 51.8. The van der Waals surface area contributed by atoms with Crippen LogP contribution in [0.4, 0.5) is 0 Å². The van der Waals surface area contributed by atoms with Crippen LogP contribution in [-0.4, -0.2) is 203 Å². The molecule has 0 spiro atoms. The van der Waals surface area contributed by atoms with E-state index in [2.05, 4.69) is 26.8 Å². The van der Waals surface area contributed by atoms with Crippen LogP contribution in [0.15, 0.2) is 11.6 Å². The number of carbonyl (C=O) groups is 1. The zero-order chi connectivity index (χ0) is 49.1. The van der Waals surface area contributed by atoms with Gasteiger partial charge in [-0.05, 0) is 92.3 Å². The van der Waals surface area contributed by atoms with Crippen LogP contribution in [0.5, 0.6) is 0 Å². The maximum absolute atomic E-state index is 15.5. The Morgan fingerprint density at radius 2 is 1.33 bits per heavy atom. The molecule has 3 heterocycles. The standard InChI is InChI=1S/C47H76O20/c1-20-9-12-47(14-13-44(4)21(36(47)46(20,6)61)7-8-27-42(2)15-22(51)37(59)43(3,19-50)26(42)10-11-45(27,44)5)41(60)67-40-35(66-38-32(57)28(53)23(52)18-62-38)34(30(55)25(17-49)64-40)65-39-33(58)31(56)29(54)24(16-48)63-39/h7,20,22-40,48-59,61H,8-19H2,1-6H3/t20-,22-,23+,24-,25-,26-,27-,28+,29-,30-,31+,32-,33-,34+,35-,36-,37+,38+,39+,40+,42+,43-,44-,45-,46-,47+/m1/s1. The predicted octanol–water partition coefficient (Wildman–Crippen LogP) is -2.31. The Balaban J connectivity index is 1.16. The zero-order valence-electron chi connectivity index (χ0n) is 39.3. The smallest absolute Gasteiger partial charge is 0.315 e. The van der Waals surface area contributed by atoms with Gasteiger partial charge in [0.1, 0.15) is 61.0 Å². The Morgan fingerprint density at radius 1 is 0.701 bits per heavy atom. The summed E-state index contributed by atoms with van der Waals surface area (Å²) in [5.74, 6) is -1.98. The summed E-state index contributed by atoms with van der Waals surface area (Å²) in [5, 5.41) is 142. The number of carbonyl (C=O) groups excluding carboxylic acids is 1. The van der Waals surface area contributed by atoms with E-state index in [9.17, 15) is 66.4 Å². The molecule has 3 aliphatic heterocycles. The van der Waals surface area contributed by atoms with E-state index < -0.39 is 163 Å².